The van der Waals surface area contributed by atoms with Gasteiger partial charge < -0.3 is 25.2 Å². The Kier molecular flexibility index (Phi) is 1.42. The molecule has 0 aliphatic rings. The number of carbonyl (C=O) groups excluding carboxylic acids is 1. The molecule has 0 spiro atoms. The molecular weight excluding hydrogens is 140 g/mol. The zero-order chi connectivity index (χ0) is 13.6. The van der Waals surface area contributed by atoms with Gasteiger partial charge in [-0.1, -0.05) is 0 Å². The Morgan fingerprint density at radius 2 is 2.20 bits per heavy atom. The van der Waals surface area contributed by atoms with Gasteiger partial charge >= 0.3 is 0 Å². The lowest BCUT2D eigenvalue weighted by molar-refractivity contribution is -0.127. The van der Waals surface area contributed by atoms with Crippen LogP contribution in [0.15, 0.2) is 0 Å². The van der Waals surface area contributed by atoms with Crippen molar-refractivity contribution in [3.8, 4) is 0 Å². The van der Waals surface area contributed by atoms with E-state index in [9.17, 15) is 4.79 Å². The Labute approximate surface area is 66.0 Å². The highest BCUT2D eigenvalue weighted by Gasteiger charge is 2.22. The van der Waals surface area contributed by atoms with Gasteiger partial charge in [0.1, 0.15) is 19.6 Å². The molecule has 0 bridgehead atoms. The van der Waals surface area contributed by atoms with Gasteiger partial charge in [-0.2, -0.15) is 0 Å². The van der Waals surface area contributed by atoms with Crippen LogP contribution in [0.25, 0.3) is 0 Å². The lowest BCUT2D eigenvalue weighted by atomic mass is 10.1. The zero-order valence-electron chi connectivity index (χ0n) is 10.7. The molecule has 0 heterocycles. The van der Waals surface area contributed by atoms with Crippen molar-refractivity contribution in [2.75, 3.05) is 6.56 Å². The van der Waals surface area contributed by atoms with Crippen LogP contribution < -0.4 is 0 Å². The van der Waals surface area contributed by atoms with Crippen molar-refractivity contribution in [1.82, 2.24) is 0 Å². The molecule has 3 unspecified atom stereocenters. The van der Waals surface area contributed by atoms with Crippen LogP contribution in [-0.2, 0) is 4.79 Å². The molecule has 0 fully saturated rings. The topological polar surface area (TPSA) is 98.0 Å². The van der Waals surface area contributed by atoms with Crippen LogP contribution in [0, 0.1) is 0 Å². The lowest BCUT2D eigenvalue weighted by Gasteiger charge is -2.16. The smallest absolute Gasteiger partial charge is 0.151 e. The van der Waals surface area contributed by atoms with Gasteiger partial charge in [0.2, 0.25) is 0 Å². The van der Waals surface area contributed by atoms with E-state index in [4.69, 9.17) is 28.7 Å². The minimum atomic E-state index is -4.17. The second kappa shape index (κ2) is 4.35. The number of carbonyl (C=O) groups is 1. The maximum Gasteiger partial charge on any atom is 0.151 e. The molecule has 0 aliphatic carbocycles. The van der Waals surface area contributed by atoms with E-state index < -0.39 is 31.1 Å². The lowest BCUT2D eigenvalue weighted by Crippen LogP contribution is -2.40. The van der Waals surface area contributed by atoms with Gasteiger partial charge in [-0.25, -0.2) is 0 Å². The molecule has 4 N–H and O–H groups in total. The molecule has 0 amide bonds. The molecule has 5 nitrogen and oxygen atoms in total. The van der Waals surface area contributed by atoms with Gasteiger partial charge in [-0.05, 0) is 0 Å². The second-order valence-corrected chi connectivity index (χ2v) is 1.26. The van der Waals surface area contributed by atoms with E-state index in [0.717, 1.165) is 0 Å². The molecule has 0 saturated heterocycles. The number of hydrogen-bond donors (Lipinski definition) is 4. The van der Waals surface area contributed by atoms with Crippen LogP contribution in [-0.4, -0.2) is 51.5 Å². The summed E-state index contributed by atoms with van der Waals surface area (Å²) in [5.74, 6) is 0. The number of rotatable bonds is 4. The third-order valence-electron chi connectivity index (χ3n) is 0.651. The summed E-state index contributed by atoms with van der Waals surface area (Å²) in [4.78, 5) is 10.4. The van der Waals surface area contributed by atoms with Crippen LogP contribution in [0.2, 0.25) is 0 Å². The van der Waals surface area contributed by atoms with Crippen LogP contribution in [0.3, 0.4) is 0 Å². The highest BCUT2D eigenvalue weighted by atomic mass is 16.4. The van der Waals surface area contributed by atoms with E-state index in [1.165, 1.54) is 0 Å². The summed E-state index contributed by atoms with van der Waals surface area (Å²) < 4.78 is 39.9. The number of aliphatic hydroxyl groups is 4. The zero-order valence-corrected chi connectivity index (χ0v) is 4.70. The maximum absolute atomic E-state index is 10.4. The van der Waals surface area contributed by atoms with Crippen LogP contribution in [0.5, 0.6) is 0 Å². The van der Waals surface area contributed by atoms with Crippen molar-refractivity contribution in [2.45, 2.75) is 18.2 Å². The molecule has 60 valence electrons. The minimum Gasteiger partial charge on any atom is -0.394 e. The van der Waals surface area contributed by atoms with E-state index in [0.29, 0.717) is 0 Å². The molecule has 0 radical (unpaired) electrons. The fourth-order valence-electron chi connectivity index (χ4n) is 0.213. The first-order chi connectivity index (χ1) is 6.69. The van der Waals surface area contributed by atoms with Crippen molar-refractivity contribution in [3.63, 3.8) is 0 Å². The first-order valence-electron chi connectivity index (χ1n) is 5.10. The predicted molar refractivity (Wildman–Crippen MR) is 31.2 cm³/mol. The molecule has 0 saturated carbocycles. The van der Waals surface area contributed by atoms with Gasteiger partial charge in [-0.15, -0.1) is 0 Å². The normalized spacial score (nSPS) is 39.2. The van der Waals surface area contributed by atoms with Crippen LogP contribution in [0.1, 0.15) is 8.22 Å². The van der Waals surface area contributed by atoms with E-state index in [-0.39, 0.29) is 0 Å². The molecule has 0 aromatic heterocycles. The quantitative estimate of drug-likeness (QED) is 0.331. The number of aldehydes is 1. The first kappa shape index (κ1) is 3.27. The monoisotopic (exact) mass is 156 g/mol. The van der Waals surface area contributed by atoms with Crippen LogP contribution in [0.4, 0.5) is 0 Å². The Hall–Kier alpha value is -0.490. The van der Waals surface area contributed by atoms with Gasteiger partial charge in [0, 0.05) is 0 Å². The van der Waals surface area contributed by atoms with Gasteiger partial charge in [0.15, 0.2) is 6.26 Å². The van der Waals surface area contributed by atoms with Gasteiger partial charge in [0.05, 0.1) is 13.4 Å². The maximum atomic E-state index is 10.4. The average Bonchev–Trinajstić information content (AvgIpc) is 2.00. The first-order valence-corrected chi connectivity index (χ1v) is 2.10. The van der Waals surface area contributed by atoms with Crippen molar-refractivity contribution in [3.05, 3.63) is 0 Å². The third kappa shape index (κ3) is 2.40. The molecule has 0 rings (SSSR count). The Bertz CT molecular complexity index is 294. The minimum absolute atomic E-state index is 2.25. The van der Waals surface area contributed by atoms with E-state index in [1.807, 2.05) is 0 Å². The molecule has 0 aliphatic heterocycles. The standard InChI is InChI=1S/C5H10O5/c6-1-3(8)5(10)4(9)2-7/h1,3-5,7-10H,2H2/i1D,2D2,3D,4D,5D. The Balaban J connectivity index is 5.62. The highest BCUT2D eigenvalue weighted by Crippen LogP contribution is 1.96. The third-order valence-corrected chi connectivity index (χ3v) is 0.651. The molecule has 3 atom stereocenters. The summed E-state index contributed by atoms with van der Waals surface area (Å²) in [5, 5.41) is 35.8. The summed E-state index contributed by atoms with van der Waals surface area (Å²) in [6.07, 6.45) is -14.5. The average molecular weight is 156 g/mol. The predicted octanol–water partition coefficient (Wildman–Crippen LogP) is -2.74. The molecule has 0 aromatic carbocycles. The second-order valence-electron chi connectivity index (χ2n) is 1.26. The summed E-state index contributed by atoms with van der Waals surface area (Å²) in [5.41, 5.74) is 0. The van der Waals surface area contributed by atoms with Crippen molar-refractivity contribution >= 4 is 6.26 Å². The van der Waals surface area contributed by atoms with E-state index >= 15 is 0 Å². The van der Waals surface area contributed by atoms with Crippen molar-refractivity contribution in [1.29, 1.82) is 0 Å². The molecule has 10 heavy (non-hydrogen) atoms. The molecule has 0 aromatic rings. The SMILES string of the molecule is [2H]C(=O)C([2H])(O)C([2H])(O)C([2H])(O)C([2H])([2H])O. The Morgan fingerprint density at radius 1 is 1.70 bits per heavy atom. The fourth-order valence-corrected chi connectivity index (χ4v) is 0.213. The molecular formula is C5H10O5. The molecule has 5 heteroatoms. The summed E-state index contributed by atoms with van der Waals surface area (Å²) >= 11 is 0. The van der Waals surface area contributed by atoms with E-state index in [1.54, 1.807) is 0 Å². The summed E-state index contributed by atoms with van der Waals surface area (Å²) in [7, 11) is 0. The van der Waals surface area contributed by atoms with E-state index in [2.05, 4.69) is 0 Å². The summed E-state index contributed by atoms with van der Waals surface area (Å²) in [6.45, 7) is -3.91. The summed E-state index contributed by atoms with van der Waals surface area (Å²) in [6, 6.07) is 0. The largest absolute Gasteiger partial charge is 0.394 e. The highest BCUT2D eigenvalue weighted by molar-refractivity contribution is 5.56. The van der Waals surface area contributed by atoms with Gasteiger partial charge in [-0.3, -0.25) is 0 Å². The van der Waals surface area contributed by atoms with Crippen molar-refractivity contribution < 1.29 is 33.4 Å². The number of hydrogen-bond acceptors (Lipinski definition) is 5. The van der Waals surface area contributed by atoms with Crippen molar-refractivity contribution in [2.24, 2.45) is 0 Å². The Morgan fingerprint density at radius 3 is 2.50 bits per heavy atom. The van der Waals surface area contributed by atoms with Crippen LogP contribution >= 0.6 is 0 Å². The van der Waals surface area contributed by atoms with Gasteiger partial charge in [0.25, 0.3) is 0 Å². The fraction of sp³-hybridized carbons (Fsp3) is 0.800.